The molecule has 2 rings (SSSR count). The van der Waals surface area contributed by atoms with Crippen LogP contribution in [0, 0.1) is 10.1 Å². The van der Waals surface area contributed by atoms with Gasteiger partial charge < -0.3 is 9.84 Å². The van der Waals surface area contributed by atoms with E-state index in [4.69, 9.17) is 4.74 Å². The van der Waals surface area contributed by atoms with Crippen molar-refractivity contribution in [1.82, 2.24) is 4.98 Å². The highest BCUT2D eigenvalue weighted by Gasteiger charge is 2.14. The summed E-state index contributed by atoms with van der Waals surface area (Å²) in [5.41, 5.74) is 0.416. The fraction of sp³-hybridized carbons (Fsp3) is 0.154. The van der Waals surface area contributed by atoms with Crippen molar-refractivity contribution >= 4 is 21.6 Å². The van der Waals surface area contributed by atoms with Crippen LogP contribution in [-0.4, -0.2) is 15.0 Å². The molecular formula is C13H11BrN2O4. The minimum absolute atomic E-state index is 0.0936. The molecule has 0 aliphatic rings. The van der Waals surface area contributed by atoms with Crippen molar-refractivity contribution in [2.24, 2.45) is 0 Å². The van der Waals surface area contributed by atoms with Crippen molar-refractivity contribution in [1.29, 1.82) is 0 Å². The lowest BCUT2D eigenvalue weighted by molar-refractivity contribution is -0.385. The van der Waals surface area contributed by atoms with Gasteiger partial charge in [-0.3, -0.25) is 10.1 Å². The number of halogens is 1. The predicted octanol–water partition coefficient (Wildman–Crippen LogP) is 3.60. The van der Waals surface area contributed by atoms with Gasteiger partial charge in [0.2, 0.25) is 5.88 Å². The summed E-state index contributed by atoms with van der Waals surface area (Å²) in [7, 11) is 0. The number of rotatable bonds is 4. The van der Waals surface area contributed by atoms with Crippen LogP contribution < -0.4 is 4.74 Å². The lowest BCUT2D eigenvalue weighted by Crippen LogP contribution is -1.98. The molecule has 0 fully saturated rings. The van der Waals surface area contributed by atoms with Crippen LogP contribution in [0.3, 0.4) is 0 Å². The monoisotopic (exact) mass is 338 g/mol. The van der Waals surface area contributed by atoms with Gasteiger partial charge in [0.05, 0.1) is 17.1 Å². The van der Waals surface area contributed by atoms with E-state index in [9.17, 15) is 15.2 Å². The van der Waals surface area contributed by atoms with Crippen LogP contribution in [0.2, 0.25) is 0 Å². The molecule has 2 aromatic rings. The summed E-state index contributed by atoms with van der Waals surface area (Å²) < 4.78 is 6.06. The van der Waals surface area contributed by atoms with E-state index in [2.05, 4.69) is 20.9 Å². The Morgan fingerprint density at radius 1 is 1.45 bits per heavy atom. The number of nitrogens with zero attached hydrogens (tertiary/aromatic N) is 2. The van der Waals surface area contributed by atoms with Gasteiger partial charge in [0.15, 0.2) is 0 Å². The molecule has 0 bridgehead atoms. The van der Waals surface area contributed by atoms with Gasteiger partial charge in [0.25, 0.3) is 5.69 Å². The number of hydrogen-bond acceptors (Lipinski definition) is 5. The zero-order chi connectivity index (χ0) is 14.7. The summed E-state index contributed by atoms with van der Waals surface area (Å²) in [6, 6.07) is 7.62. The number of hydrogen-bond donors (Lipinski definition) is 1. The minimum atomic E-state index is -0.749. The fourth-order valence-corrected chi connectivity index (χ4v) is 2.09. The van der Waals surface area contributed by atoms with Crippen LogP contribution in [0.15, 0.2) is 41.0 Å². The Hall–Kier alpha value is -1.99. The SMILES string of the molecule is C[C@H](O)c1cccnc1Oc1cc(Br)cc([N+](=O)[O-])c1. The molecule has 0 aliphatic carbocycles. The predicted molar refractivity (Wildman–Crippen MR) is 75.7 cm³/mol. The Labute approximate surface area is 123 Å². The standard InChI is InChI=1S/C13H11BrN2O4/c1-8(17)12-3-2-4-15-13(12)20-11-6-9(14)5-10(7-11)16(18)19/h2-8,17H,1H3/t8-/m0/s1. The highest BCUT2D eigenvalue weighted by Crippen LogP contribution is 2.31. The van der Waals surface area contributed by atoms with Crippen LogP contribution in [0.1, 0.15) is 18.6 Å². The average Bonchev–Trinajstić information content (AvgIpc) is 2.38. The maximum absolute atomic E-state index is 10.8. The van der Waals surface area contributed by atoms with E-state index in [0.717, 1.165) is 0 Å². The van der Waals surface area contributed by atoms with Crippen LogP contribution in [-0.2, 0) is 0 Å². The summed E-state index contributed by atoms with van der Waals surface area (Å²) in [6.07, 6.45) is 0.772. The van der Waals surface area contributed by atoms with Crippen LogP contribution >= 0.6 is 15.9 Å². The van der Waals surface area contributed by atoms with Crippen molar-refractivity contribution in [3.8, 4) is 11.6 Å². The highest BCUT2D eigenvalue weighted by molar-refractivity contribution is 9.10. The van der Waals surface area contributed by atoms with E-state index in [-0.39, 0.29) is 17.3 Å². The molecule has 1 aromatic heterocycles. The molecule has 6 nitrogen and oxygen atoms in total. The van der Waals surface area contributed by atoms with E-state index in [0.29, 0.717) is 10.0 Å². The topological polar surface area (TPSA) is 85.5 Å². The molecule has 1 aromatic carbocycles. The number of nitro benzene ring substituents is 1. The summed E-state index contributed by atoms with van der Waals surface area (Å²) in [5, 5.41) is 20.4. The van der Waals surface area contributed by atoms with Crippen LogP contribution in [0.5, 0.6) is 11.6 Å². The van der Waals surface area contributed by atoms with E-state index in [1.165, 1.54) is 18.3 Å². The molecule has 0 aliphatic heterocycles. The molecule has 7 heteroatoms. The van der Waals surface area contributed by atoms with Gasteiger partial charge in [-0.25, -0.2) is 4.98 Å². The second-order valence-corrected chi connectivity index (χ2v) is 4.99. The van der Waals surface area contributed by atoms with Gasteiger partial charge in [-0.1, -0.05) is 15.9 Å². The summed E-state index contributed by atoms with van der Waals surface area (Å²) in [6.45, 7) is 1.59. The second kappa shape index (κ2) is 5.98. The molecule has 1 heterocycles. The number of pyridine rings is 1. The van der Waals surface area contributed by atoms with Crippen molar-refractivity contribution in [2.45, 2.75) is 13.0 Å². The zero-order valence-corrected chi connectivity index (χ0v) is 12.1. The Kier molecular flexibility index (Phi) is 4.31. The van der Waals surface area contributed by atoms with Gasteiger partial charge in [-0.05, 0) is 25.1 Å². The molecule has 1 atom stereocenters. The van der Waals surface area contributed by atoms with Gasteiger partial charge in [0, 0.05) is 22.3 Å². The van der Waals surface area contributed by atoms with Crippen LogP contribution in [0.25, 0.3) is 0 Å². The summed E-state index contributed by atoms with van der Waals surface area (Å²) >= 11 is 3.19. The van der Waals surface area contributed by atoms with E-state index in [1.54, 1.807) is 25.1 Å². The molecule has 20 heavy (non-hydrogen) atoms. The second-order valence-electron chi connectivity index (χ2n) is 4.08. The first-order valence-electron chi connectivity index (χ1n) is 5.73. The molecule has 104 valence electrons. The number of non-ortho nitro benzene ring substituents is 1. The van der Waals surface area contributed by atoms with Crippen molar-refractivity contribution in [3.05, 3.63) is 56.7 Å². The summed E-state index contributed by atoms with van der Waals surface area (Å²) in [4.78, 5) is 14.3. The van der Waals surface area contributed by atoms with Crippen LogP contribution in [0.4, 0.5) is 5.69 Å². The number of benzene rings is 1. The fourth-order valence-electron chi connectivity index (χ4n) is 1.63. The zero-order valence-electron chi connectivity index (χ0n) is 10.5. The molecule has 0 saturated carbocycles. The quantitative estimate of drug-likeness (QED) is 0.679. The Bertz CT molecular complexity index is 646. The first-order chi connectivity index (χ1) is 9.47. The van der Waals surface area contributed by atoms with E-state index < -0.39 is 11.0 Å². The molecule has 0 amide bonds. The van der Waals surface area contributed by atoms with Crippen molar-refractivity contribution < 1.29 is 14.8 Å². The number of aliphatic hydroxyl groups excluding tert-OH is 1. The highest BCUT2D eigenvalue weighted by atomic mass is 79.9. The number of aromatic nitrogens is 1. The van der Waals surface area contributed by atoms with Crippen molar-refractivity contribution in [3.63, 3.8) is 0 Å². The van der Waals surface area contributed by atoms with E-state index in [1.807, 2.05) is 0 Å². The van der Waals surface area contributed by atoms with Gasteiger partial charge in [0.1, 0.15) is 5.75 Å². The minimum Gasteiger partial charge on any atom is -0.438 e. The van der Waals surface area contributed by atoms with Gasteiger partial charge >= 0.3 is 0 Å². The maximum Gasteiger partial charge on any atom is 0.274 e. The molecule has 0 radical (unpaired) electrons. The molecular weight excluding hydrogens is 328 g/mol. The lowest BCUT2D eigenvalue weighted by atomic mass is 10.2. The Morgan fingerprint density at radius 2 is 2.20 bits per heavy atom. The van der Waals surface area contributed by atoms with E-state index >= 15 is 0 Å². The van der Waals surface area contributed by atoms with Gasteiger partial charge in [-0.15, -0.1) is 0 Å². The van der Waals surface area contributed by atoms with Gasteiger partial charge in [-0.2, -0.15) is 0 Å². The summed E-state index contributed by atoms with van der Waals surface area (Å²) in [5.74, 6) is 0.488. The molecule has 0 saturated heterocycles. The molecule has 1 N–H and O–H groups in total. The first-order valence-corrected chi connectivity index (χ1v) is 6.52. The third-order valence-electron chi connectivity index (χ3n) is 2.53. The number of ether oxygens (including phenoxy) is 1. The largest absolute Gasteiger partial charge is 0.438 e. The third-order valence-corrected chi connectivity index (χ3v) is 2.99. The third kappa shape index (κ3) is 3.31. The average molecular weight is 339 g/mol. The smallest absolute Gasteiger partial charge is 0.274 e. The normalized spacial score (nSPS) is 11.9. The Morgan fingerprint density at radius 3 is 2.85 bits per heavy atom. The Balaban J connectivity index is 2.37. The maximum atomic E-state index is 10.8. The number of nitro groups is 1. The first kappa shape index (κ1) is 14.4. The molecule has 0 unspecified atom stereocenters. The number of aliphatic hydroxyl groups is 1. The van der Waals surface area contributed by atoms with Crippen molar-refractivity contribution in [2.75, 3.05) is 0 Å². The molecule has 0 spiro atoms. The lowest BCUT2D eigenvalue weighted by Gasteiger charge is -2.11.